The molecule has 0 fully saturated rings. The Morgan fingerprint density at radius 3 is 2.53 bits per heavy atom. The molecule has 0 spiro atoms. The lowest BCUT2D eigenvalue weighted by atomic mass is 10.0. The minimum atomic E-state index is -0.930. The molecule has 0 aliphatic carbocycles. The first kappa shape index (κ1) is 26.6. The normalized spacial score (nSPS) is 12.3. The number of hydrogen-bond donors (Lipinski definition) is 4. The van der Waals surface area contributed by atoms with Gasteiger partial charge < -0.3 is 21.4 Å². The van der Waals surface area contributed by atoms with E-state index in [-0.39, 0.29) is 17.2 Å². The largest absolute Gasteiger partial charge is 0.403 e. The first-order valence-corrected chi connectivity index (χ1v) is 11.4. The average molecular weight is 495 g/mol. The molecule has 190 valence electrons. The summed E-state index contributed by atoms with van der Waals surface area (Å²) in [7, 11) is 0. The Balaban J connectivity index is 1.76. The van der Waals surface area contributed by atoms with Gasteiger partial charge in [0.1, 0.15) is 0 Å². The number of aromatic nitrogens is 3. The van der Waals surface area contributed by atoms with E-state index < -0.39 is 11.6 Å². The Morgan fingerprint density at radius 2 is 1.94 bits per heavy atom. The number of anilines is 1. The van der Waals surface area contributed by atoms with Crippen LogP contribution in [-0.2, 0) is 13.1 Å². The van der Waals surface area contributed by atoms with Crippen molar-refractivity contribution in [1.29, 1.82) is 0 Å². The van der Waals surface area contributed by atoms with E-state index in [4.69, 9.17) is 11.6 Å². The molecule has 0 aliphatic rings. The van der Waals surface area contributed by atoms with Crippen molar-refractivity contribution in [3.05, 3.63) is 103 Å². The lowest BCUT2D eigenvalue weighted by Crippen LogP contribution is -2.30. The van der Waals surface area contributed by atoms with E-state index in [1.807, 2.05) is 12.1 Å². The highest BCUT2D eigenvalue weighted by Crippen LogP contribution is 2.32. The predicted molar refractivity (Wildman–Crippen MR) is 139 cm³/mol. The van der Waals surface area contributed by atoms with Gasteiger partial charge in [-0.3, -0.25) is 10.5 Å². The summed E-state index contributed by atoms with van der Waals surface area (Å²) in [6.07, 6.45) is 6.47. The van der Waals surface area contributed by atoms with Gasteiger partial charge in [-0.1, -0.05) is 42.1 Å². The number of rotatable bonds is 13. The molecule has 0 bridgehead atoms. The zero-order valence-corrected chi connectivity index (χ0v) is 20.3. The number of hydrogen-bond acceptors (Lipinski definition) is 7. The Kier molecular flexibility index (Phi) is 9.32. The number of benzene rings is 2. The van der Waals surface area contributed by atoms with Gasteiger partial charge in [-0.25, -0.2) is 8.78 Å². The van der Waals surface area contributed by atoms with Gasteiger partial charge in [0, 0.05) is 49.2 Å². The molecule has 2 aromatic carbocycles. The van der Waals surface area contributed by atoms with E-state index in [1.165, 1.54) is 6.20 Å². The molecule has 36 heavy (non-hydrogen) atoms. The third kappa shape index (κ3) is 6.55. The molecule has 0 saturated carbocycles. The zero-order chi connectivity index (χ0) is 26.1. The average Bonchev–Trinajstić information content (AvgIpc) is 3.40. The van der Waals surface area contributed by atoms with Gasteiger partial charge in [0.25, 0.3) is 0 Å². The van der Waals surface area contributed by atoms with Gasteiger partial charge in [-0.15, -0.1) is 11.7 Å². The van der Waals surface area contributed by atoms with Gasteiger partial charge in [-0.2, -0.15) is 0 Å². The van der Waals surface area contributed by atoms with E-state index in [2.05, 4.69) is 34.2 Å². The second kappa shape index (κ2) is 12.6. The highest BCUT2D eigenvalue weighted by Gasteiger charge is 2.22. The van der Waals surface area contributed by atoms with Crippen molar-refractivity contribution in [1.82, 2.24) is 25.7 Å². The van der Waals surface area contributed by atoms with Crippen LogP contribution in [0.5, 0.6) is 0 Å². The van der Waals surface area contributed by atoms with Crippen LogP contribution in [0.3, 0.4) is 0 Å². The lowest BCUT2D eigenvalue weighted by molar-refractivity contribution is 0.473. The van der Waals surface area contributed by atoms with Crippen LogP contribution in [0.4, 0.5) is 14.5 Å². The van der Waals surface area contributed by atoms with Crippen LogP contribution < -0.4 is 27.2 Å². The van der Waals surface area contributed by atoms with Crippen molar-refractivity contribution in [2.24, 2.45) is 17.5 Å². The molecule has 3 aromatic rings. The highest BCUT2D eigenvalue weighted by molar-refractivity contribution is 5.68. The molecule has 1 heterocycles. The summed E-state index contributed by atoms with van der Waals surface area (Å²) in [5.41, 5.74) is 11.0. The molecule has 0 aliphatic heterocycles. The molecule has 10 heteroatoms. The highest BCUT2D eigenvalue weighted by atomic mass is 19.2. The van der Waals surface area contributed by atoms with Crippen molar-refractivity contribution in [3.63, 3.8) is 0 Å². The number of allylic oxidation sites excluding steroid dienone is 1. The summed E-state index contributed by atoms with van der Waals surface area (Å²) >= 11 is 0. The fraction of sp³-hybridized carbons (Fsp3) is 0.231. The van der Waals surface area contributed by atoms with E-state index >= 15 is 8.78 Å². The summed E-state index contributed by atoms with van der Waals surface area (Å²) in [5, 5.41) is 11.0. The Labute approximate surface area is 209 Å². The Hall–Kier alpha value is -4.02. The molecule has 8 nitrogen and oxygen atoms in total. The first-order chi connectivity index (χ1) is 17.4. The topological polar surface area (TPSA) is 110 Å². The molecule has 1 unspecified atom stereocenters. The monoisotopic (exact) mass is 494 g/mol. The van der Waals surface area contributed by atoms with E-state index in [9.17, 15) is 0 Å². The van der Waals surface area contributed by atoms with Gasteiger partial charge in [0.2, 0.25) is 0 Å². The maximum atomic E-state index is 15.3. The van der Waals surface area contributed by atoms with Gasteiger partial charge in [-0.05, 0) is 30.2 Å². The SMILES string of the molecule is C=CC(CN(C(=C)C)c1ccc(-c2ccc(CNC/C(=C/N)NN)cc2)c(F)c1F)Cn1ccnn1. The predicted octanol–water partition coefficient (Wildman–Crippen LogP) is 3.42. The van der Waals surface area contributed by atoms with Crippen LogP contribution in [0.2, 0.25) is 0 Å². The van der Waals surface area contributed by atoms with E-state index in [0.717, 1.165) is 5.56 Å². The van der Waals surface area contributed by atoms with Crippen molar-refractivity contribution in [2.75, 3.05) is 18.0 Å². The number of nitrogens with zero attached hydrogens (tertiary/aromatic N) is 4. The minimum Gasteiger partial charge on any atom is -0.403 e. The van der Waals surface area contributed by atoms with Gasteiger partial charge >= 0.3 is 0 Å². The smallest absolute Gasteiger partial charge is 0.183 e. The molecule has 1 aromatic heterocycles. The number of halogens is 2. The molecule has 0 saturated heterocycles. The standard InChI is InChI=1S/C26H32F2N8/c1-4-19(16-35-12-11-32-34-35)17-36(18(2)3)24-10-9-23(25(27)26(24)28)21-7-5-20(6-8-21)14-31-15-22(13-29)33-30/h4-13,19,31,33H,1-2,14-17,29-30H2,3H3/b22-13-. The number of hydrazine groups is 1. The quantitative estimate of drug-likeness (QED) is 0.164. The summed E-state index contributed by atoms with van der Waals surface area (Å²) in [4.78, 5) is 1.65. The van der Waals surface area contributed by atoms with Crippen LogP contribution >= 0.6 is 0 Å². The van der Waals surface area contributed by atoms with Crippen molar-refractivity contribution < 1.29 is 8.78 Å². The van der Waals surface area contributed by atoms with Crippen molar-refractivity contribution in [3.8, 4) is 11.1 Å². The van der Waals surface area contributed by atoms with Crippen LogP contribution in [0.1, 0.15) is 12.5 Å². The second-order valence-electron chi connectivity index (χ2n) is 8.36. The van der Waals surface area contributed by atoms with Gasteiger partial charge in [0.15, 0.2) is 11.6 Å². The van der Waals surface area contributed by atoms with Crippen LogP contribution in [0.25, 0.3) is 11.1 Å². The number of nitrogens with two attached hydrogens (primary N) is 2. The summed E-state index contributed by atoms with van der Waals surface area (Å²) in [6.45, 7) is 11.5. The molecule has 3 rings (SSSR count). The number of nitrogens with one attached hydrogen (secondary N) is 2. The summed E-state index contributed by atoms with van der Waals surface area (Å²) in [5.74, 6) is 3.42. The first-order valence-electron chi connectivity index (χ1n) is 11.4. The van der Waals surface area contributed by atoms with Gasteiger partial charge in [0.05, 0.1) is 24.1 Å². The molecule has 0 radical (unpaired) electrons. The Morgan fingerprint density at radius 1 is 1.19 bits per heavy atom. The van der Waals surface area contributed by atoms with Crippen LogP contribution in [0, 0.1) is 17.6 Å². The minimum absolute atomic E-state index is 0.0938. The third-order valence-corrected chi connectivity index (χ3v) is 5.75. The molecular formula is C26H32F2N8. The lowest BCUT2D eigenvalue weighted by Gasteiger charge is -2.29. The molecule has 1 atom stereocenters. The fourth-order valence-corrected chi connectivity index (χ4v) is 3.74. The fourth-order valence-electron chi connectivity index (χ4n) is 3.74. The summed E-state index contributed by atoms with van der Waals surface area (Å²) < 4.78 is 32.2. The van der Waals surface area contributed by atoms with Crippen LogP contribution in [-0.4, -0.2) is 28.1 Å². The van der Waals surface area contributed by atoms with Crippen molar-refractivity contribution in [2.45, 2.75) is 20.0 Å². The zero-order valence-electron chi connectivity index (χ0n) is 20.3. The van der Waals surface area contributed by atoms with E-state index in [1.54, 1.807) is 59.2 Å². The maximum absolute atomic E-state index is 15.3. The molecule has 6 N–H and O–H groups in total. The molecule has 0 amide bonds. The van der Waals surface area contributed by atoms with Crippen molar-refractivity contribution >= 4 is 5.69 Å². The van der Waals surface area contributed by atoms with Crippen LogP contribution in [0.15, 0.2) is 85.6 Å². The Bertz CT molecular complexity index is 1190. The molecular weight excluding hydrogens is 462 g/mol. The maximum Gasteiger partial charge on any atom is 0.183 e. The third-order valence-electron chi connectivity index (χ3n) is 5.75. The second-order valence-corrected chi connectivity index (χ2v) is 8.36. The van der Waals surface area contributed by atoms with E-state index in [0.29, 0.717) is 43.1 Å². The summed E-state index contributed by atoms with van der Waals surface area (Å²) in [6, 6.07) is 10.4.